The van der Waals surface area contributed by atoms with Crippen LogP contribution in [0.5, 0.6) is 0 Å². The van der Waals surface area contributed by atoms with Crippen molar-refractivity contribution >= 4 is 12.0 Å². The van der Waals surface area contributed by atoms with Gasteiger partial charge in [-0.25, -0.2) is 9.98 Å². The molecule has 2 aliphatic rings. The van der Waals surface area contributed by atoms with Gasteiger partial charge in [0.05, 0.1) is 19.3 Å². The van der Waals surface area contributed by atoms with Crippen molar-refractivity contribution in [2.24, 2.45) is 4.99 Å². The van der Waals surface area contributed by atoms with E-state index in [9.17, 15) is 0 Å². The highest BCUT2D eigenvalue weighted by molar-refractivity contribution is 5.78. The van der Waals surface area contributed by atoms with Crippen LogP contribution in [0.25, 0.3) is 0 Å². The van der Waals surface area contributed by atoms with Gasteiger partial charge in [-0.05, 0) is 17.0 Å². The summed E-state index contributed by atoms with van der Waals surface area (Å²) in [7, 11) is 0. The first-order chi connectivity index (χ1) is 9.05. The lowest BCUT2D eigenvalue weighted by molar-refractivity contribution is 0.0299. The summed E-state index contributed by atoms with van der Waals surface area (Å²) in [5.41, 5.74) is 2.64. The van der Waals surface area contributed by atoms with Gasteiger partial charge >= 0.3 is 0 Å². The van der Waals surface area contributed by atoms with Crippen LogP contribution in [-0.2, 0) is 10.2 Å². The van der Waals surface area contributed by atoms with E-state index in [1.165, 1.54) is 11.1 Å². The van der Waals surface area contributed by atoms with Crippen LogP contribution >= 0.6 is 0 Å². The van der Waals surface area contributed by atoms with Crippen LogP contribution in [0, 0.1) is 0 Å². The van der Waals surface area contributed by atoms with Gasteiger partial charge in [0.25, 0.3) is 0 Å². The van der Waals surface area contributed by atoms with Gasteiger partial charge in [-0.1, -0.05) is 20.8 Å². The van der Waals surface area contributed by atoms with E-state index in [0.717, 1.165) is 32.1 Å². The highest BCUT2D eigenvalue weighted by atomic mass is 16.5. The Balaban J connectivity index is 1.91. The van der Waals surface area contributed by atoms with E-state index in [1.807, 2.05) is 12.4 Å². The average Bonchev–Trinajstić information content (AvgIpc) is 2.81. The zero-order valence-electron chi connectivity index (χ0n) is 11.9. The van der Waals surface area contributed by atoms with Crippen LogP contribution in [0.2, 0.25) is 0 Å². The third kappa shape index (κ3) is 2.42. The second kappa shape index (κ2) is 4.69. The van der Waals surface area contributed by atoms with Crippen molar-refractivity contribution in [2.45, 2.75) is 32.2 Å². The van der Waals surface area contributed by atoms with E-state index >= 15 is 0 Å². The molecule has 0 radical (unpaired) electrons. The third-order valence-electron chi connectivity index (χ3n) is 3.86. The quantitative estimate of drug-likeness (QED) is 0.777. The Hall–Kier alpha value is -1.26. The predicted molar refractivity (Wildman–Crippen MR) is 76.2 cm³/mol. The predicted octanol–water partition coefficient (Wildman–Crippen LogP) is 2.47. The molecule has 1 fully saturated rings. The lowest BCUT2D eigenvalue weighted by atomic mass is 9.87. The molecule has 0 aliphatic carbocycles. The summed E-state index contributed by atoms with van der Waals surface area (Å²) >= 11 is 0. The molecule has 1 atom stereocenters. The SMILES string of the molecule is CC(C)(C)c1cnc2c(c1)C(N1CCOCC1)C=N2. The summed E-state index contributed by atoms with van der Waals surface area (Å²) in [5, 5.41) is 0. The normalized spacial score (nSPS) is 23.6. The van der Waals surface area contributed by atoms with Crippen molar-refractivity contribution in [1.29, 1.82) is 0 Å². The standard InChI is InChI=1S/C15H21N3O/c1-15(2,3)11-8-12-13(10-17-14(12)16-9-11)18-4-6-19-7-5-18/h8-10,13H,4-7H2,1-3H3. The molecule has 3 heterocycles. The van der Waals surface area contributed by atoms with Crippen LogP contribution in [0.4, 0.5) is 5.82 Å². The number of pyridine rings is 1. The highest BCUT2D eigenvalue weighted by Gasteiger charge is 2.28. The first-order valence-corrected chi connectivity index (χ1v) is 6.92. The van der Waals surface area contributed by atoms with Crippen molar-refractivity contribution in [2.75, 3.05) is 26.3 Å². The number of nitrogens with zero attached hydrogens (tertiary/aromatic N) is 3. The summed E-state index contributed by atoms with van der Waals surface area (Å²) in [6.45, 7) is 10.2. The van der Waals surface area contributed by atoms with E-state index in [1.54, 1.807) is 0 Å². The van der Waals surface area contributed by atoms with Crippen LogP contribution in [0.3, 0.4) is 0 Å². The van der Waals surface area contributed by atoms with Gasteiger partial charge < -0.3 is 4.74 Å². The van der Waals surface area contributed by atoms with Crippen molar-refractivity contribution in [3.63, 3.8) is 0 Å². The lowest BCUT2D eigenvalue weighted by Gasteiger charge is -2.31. The molecular weight excluding hydrogens is 238 g/mol. The maximum atomic E-state index is 5.42. The molecule has 0 bridgehead atoms. The number of hydrogen-bond acceptors (Lipinski definition) is 4. The molecule has 19 heavy (non-hydrogen) atoms. The minimum absolute atomic E-state index is 0.125. The highest BCUT2D eigenvalue weighted by Crippen LogP contribution is 2.35. The molecule has 0 saturated carbocycles. The van der Waals surface area contributed by atoms with E-state index < -0.39 is 0 Å². The number of ether oxygens (including phenoxy) is 1. The van der Waals surface area contributed by atoms with Gasteiger partial charge in [0.2, 0.25) is 0 Å². The van der Waals surface area contributed by atoms with Crippen molar-refractivity contribution < 1.29 is 4.74 Å². The molecule has 0 amide bonds. The molecule has 4 nitrogen and oxygen atoms in total. The van der Waals surface area contributed by atoms with Crippen LogP contribution in [-0.4, -0.2) is 42.4 Å². The lowest BCUT2D eigenvalue weighted by Crippen LogP contribution is -2.39. The van der Waals surface area contributed by atoms with Crippen molar-refractivity contribution in [1.82, 2.24) is 9.88 Å². The number of hydrogen-bond donors (Lipinski definition) is 0. The van der Waals surface area contributed by atoms with Gasteiger partial charge in [0.15, 0.2) is 5.82 Å². The molecule has 0 aromatic carbocycles. The van der Waals surface area contributed by atoms with Gasteiger partial charge in [-0.3, -0.25) is 4.90 Å². The molecular formula is C15H21N3O. The molecule has 102 valence electrons. The molecule has 1 aromatic rings. The van der Waals surface area contributed by atoms with E-state index in [2.05, 4.69) is 41.7 Å². The fourth-order valence-electron chi connectivity index (χ4n) is 2.58. The monoisotopic (exact) mass is 259 g/mol. The first kappa shape index (κ1) is 12.8. The first-order valence-electron chi connectivity index (χ1n) is 6.92. The summed E-state index contributed by atoms with van der Waals surface area (Å²) in [4.78, 5) is 11.4. The summed E-state index contributed by atoms with van der Waals surface area (Å²) in [5.74, 6) is 0.879. The summed E-state index contributed by atoms with van der Waals surface area (Å²) in [6, 6.07) is 2.55. The maximum absolute atomic E-state index is 5.42. The largest absolute Gasteiger partial charge is 0.379 e. The van der Waals surface area contributed by atoms with Crippen LogP contribution in [0.15, 0.2) is 17.3 Å². The Morgan fingerprint density at radius 1 is 1.26 bits per heavy atom. The Morgan fingerprint density at radius 3 is 2.68 bits per heavy atom. The molecule has 2 aliphatic heterocycles. The number of morpholine rings is 1. The molecule has 1 saturated heterocycles. The fraction of sp³-hybridized carbons (Fsp3) is 0.600. The fourth-order valence-corrected chi connectivity index (χ4v) is 2.58. The maximum Gasteiger partial charge on any atom is 0.156 e. The summed E-state index contributed by atoms with van der Waals surface area (Å²) in [6.07, 6.45) is 3.98. The van der Waals surface area contributed by atoms with Gasteiger partial charge in [-0.15, -0.1) is 0 Å². The second-order valence-corrected chi connectivity index (χ2v) is 6.26. The number of fused-ring (bicyclic) bond motifs is 1. The van der Waals surface area contributed by atoms with Crippen molar-refractivity contribution in [3.05, 3.63) is 23.4 Å². The van der Waals surface area contributed by atoms with Crippen LogP contribution < -0.4 is 0 Å². The Bertz CT molecular complexity index is 499. The molecule has 0 spiro atoms. The van der Waals surface area contributed by atoms with Gasteiger partial charge in [0.1, 0.15) is 0 Å². The van der Waals surface area contributed by atoms with Crippen LogP contribution in [0.1, 0.15) is 37.9 Å². The molecule has 4 heteroatoms. The van der Waals surface area contributed by atoms with Gasteiger partial charge in [-0.2, -0.15) is 0 Å². The molecule has 3 rings (SSSR count). The van der Waals surface area contributed by atoms with E-state index in [-0.39, 0.29) is 11.5 Å². The number of rotatable bonds is 1. The number of aliphatic imine (C=N–C) groups is 1. The topological polar surface area (TPSA) is 37.7 Å². The molecule has 1 unspecified atom stereocenters. The minimum Gasteiger partial charge on any atom is -0.379 e. The third-order valence-corrected chi connectivity index (χ3v) is 3.86. The smallest absolute Gasteiger partial charge is 0.156 e. The van der Waals surface area contributed by atoms with Crippen molar-refractivity contribution in [3.8, 4) is 0 Å². The molecule has 1 aromatic heterocycles. The summed E-state index contributed by atoms with van der Waals surface area (Å²) < 4.78 is 5.42. The second-order valence-electron chi connectivity index (χ2n) is 6.26. The average molecular weight is 259 g/mol. The van der Waals surface area contributed by atoms with E-state index in [0.29, 0.717) is 0 Å². The number of aromatic nitrogens is 1. The molecule has 0 N–H and O–H groups in total. The zero-order valence-corrected chi connectivity index (χ0v) is 11.9. The Kier molecular flexibility index (Phi) is 3.15. The van der Waals surface area contributed by atoms with Gasteiger partial charge in [0, 0.05) is 31.1 Å². The Morgan fingerprint density at radius 2 is 2.00 bits per heavy atom. The van der Waals surface area contributed by atoms with E-state index in [4.69, 9.17) is 4.74 Å². The zero-order chi connectivity index (χ0) is 13.5. The Labute approximate surface area is 114 Å². The minimum atomic E-state index is 0.125.